The van der Waals surface area contributed by atoms with Gasteiger partial charge in [-0.25, -0.2) is 0 Å². The summed E-state index contributed by atoms with van der Waals surface area (Å²) < 4.78 is 0. The van der Waals surface area contributed by atoms with Crippen LogP contribution >= 0.6 is 0 Å². The van der Waals surface area contributed by atoms with Crippen molar-refractivity contribution in [3.8, 4) is 0 Å². The van der Waals surface area contributed by atoms with Crippen LogP contribution in [0.1, 0.15) is 0 Å². The minimum absolute atomic E-state index is 0. The molecule has 0 saturated heterocycles. The van der Waals surface area contributed by atoms with Crippen molar-refractivity contribution in [2.24, 2.45) is 0 Å². The molecule has 0 unspecified atom stereocenters. The second kappa shape index (κ2) is 64.5. The molecule has 0 aliphatic carbocycles. The Morgan fingerprint density at radius 3 is 1.00 bits per heavy atom. The summed E-state index contributed by atoms with van der Waals surface area (Å²) in [6.07, 6.45) is 0. The van der Waals surface area contributed by atoms with Crippen LogP contribution < -0.4 is 0 Å². The van der Waals surface area contributed by atoms with Crippen molar-refractivity contribution in [2.45, 2.75) is 0 Å². The quantitative estimate of drug-likeness (QED) is 0.241. The molecule has 0 heterocycles. The summed E-state index contributed by atoms with van der Waals surface area (Å²) >= 11 is 0. The molecule has 0 aromatic carbocycles. The topological polar surface area (TPSA) is 0 Å². The molecule has 0 aromatic heterocycles. The third-order valence-corrected chi connectivity index (χ3v) is 0. The Morgan fingerprint density at radius 1 is 1.00 bits per heavy atom. The van der Waals surface area contributed by atoms with Crippen LogP contribution in [0.3, 0.4) is 0 Å². The van der Waals surface area contributed by atoms with E-state index in [1.165, 1.54) is 0 Å². The predicted molar refractivity (Wildman–Crippen MR) is 34.5 cm³/mol. The molecule has 0 rings (SSSR count). The van der Waals surface area contributed by atoms with Crippen LogP contribution in [0.5, 0.6) is 0 Å². The first-order valence-corrected chi connectivity index (χ1v) is 0. The molecule has 0 fully saturated rings. The van der Waals surface area contributed by atoms with E-state index in [1.807, 2.05) is 0 Å². The zero-order valence-electron chi connectivity index (χ0n) is 4.28. The minimum Gasteiger partial charge on any atom is 0 e. The molecule has 0 N–H and O–H groups in total. The normalized spacial score (nSPS) is 0. The average Bonchev–Trinajstić information content (AvgIpc) is 0. The van der Waals surface area contributed by atoms with Crippen LogP contribution in [-0.2, 0) is 53.6 Å². The monoisotopic (exact) mass is 942 g/mol. The van der Waals surface area contributed by atoms with Crippen molar-refractivity contribution >= 4 is 137 Å². The van der Waals surface area contributed by atoms with E-state index in [9.17, 15) is 0 Å². The summed E-state index contributed by atoms with van der Waals surface area (Å²) in [5, 5.41) is 0. The van der Waals surface area contributed by atoms with E-state index < -0.39 is 0 Å². The van der Waals surface area contributed by atoms with Crippen LogP contribution in [0, 0.1) is 0 Å². The van der Waals surface area contributed by atoms with Gasteiger partial charge in [0.2, 0.25) is 0 Å². The third kappa shape index (κ3) is 55.1. The molecule has 21 radical (unpaired) electrons. The van der Waals surface area contributed by atoms with Crippen molar-refractivity contribution in [1.82, 2.24) is 0 Å². The fourth-order valence-corrected chi connectivity index (χ4v) is 0. The van der Waals surface area contributed by atoms with Gasteiger partial charge in [0, 0.05) is 191 Å². The SMILES string of the molecule is [Al].[As].[Bi].[Cu].[Fe].[Pb].[Sb].[Sn].[Zn]. The molecule has 0 aliphatic heterocycles. The fourth-order valence-electron chi connectivity index (χ4n) is 0. The van der Waals surface area contributed by atoms with Gasteiger partial charge in [-0.15, -0.1) is 0 Å². The van der Waals surface area contributed by atoms with Gasteiger partial charge < -0.3 is 0 Å². The molecule has 0 bridgehead atoms. The first-order valence-electron chi connectivity index (χ1n) is 0. The molecule has 0 spiro atoms. The molecule has 0 amide bonds. The summed E-state index contributed by atoms with van der Waals surface area (Å²) in [5.41, 5.74) is 0. The van der Waals surface area contributed by atoms with Crippen molar-refractivity contribution in [3.63, 3.8) is 0 Å². The second-order valence-electron chi connectivity index (χ2n) is 0. The Balaban J connectivity index is 0. The van der Waals surface area contributed by atoms with Gasteiger partial charge in [0.1, 0.15) is 0 Å². The molecular formula is AlAsBiCuFePbSbSnZn. The molecule has 0 saturated carbocycles. The Kier molecular flexibility index (Phi) is 573. The first kappa shape index (κ1) is 80.0. The van der Waals surface area contributed by atoms with Crippen LogP contribution in [0.2, 0.25) is 0 Å². The van der Waals surface area contributed by atoms with Crippen LogP contribution in [0.15, 0.2) is 0 Å². The maximum atomic E-state index is 0. The van der Waals surface area contributed by atoms with Gasteiger partial charge in [0.25, 0.3) is 0 Å². The zero-order chi connectivity index (χ0) is 0. The van der Waals surface area contributed by atoms with Gasteiger partial charge >= 0.3 is 0 Å². The third-order valence-electron chi connectivity index (χ3n) is 0. The minimum atomic E-state index is 0. The molecular weight excluding hydrogens is 943 g/mol. The van der Waals surface area contributed by atoms with Crippen molar-refractivity contribution in [1.29, 1.82) is 0 Å². The molecule has 47 valence electrons. The van der Waals surface area contributed by atoms with E-state index in [-0.39, 0.29) is 191 Å². The number of hydrogen-bond donors (Lipinski definition) is 0. The van der Waals surface area contributed by atoms with E-state index in [4.69, 9.17) is 0 Å². The van der Waals surface area contributed by atoms with Crippen LogP contribution in [0.4, 0.5) is 0 Å². The summed E-state index contributed by atoms with van der Waals surface area (Å²) in [4.78, 5) is 0. The van der Waals surface area contributed by atoms with Crippen molar-refractivity contribution < 1.29 is 53.6 Å². The maximum Gasteiger partial charge on any atom is 0 e. The van der Waals surface area contributed by atoms with Gasteiger partial charge in [-0.3, -0.25) is 0 Å². The average molecular weight is 943 g/mol. The molecule has 0 nitrogen and oxygen atoms in total. The standard InChI is InChI=1S/Al.As.Bi.Cu.Fe.Pb.Sb.Sn.Zn. The van der Waals surface area contributed by atoms with E-state index in [0.29, 0.717) is 0 Å². The number of hydrogen-bond acceptors (Lipinski definition) is 0. The molecule has 0 aromatic rings. The Labute approximate surface area is 186 Å². The zero-order valence-corrected chi connectivity index (χ0v) is 25.1. The summed E-state index contributed by atoms with van der Waals surface area (Å²) in [5.74, 6) is 0. The molecule has 0 atom stereocenters. The first-order chi connectivity index (χ1) is 0. The van der Waals surface area contributed by atoms with Crippen LogP contribution in [0.25, 0.3) is 0 Å². The van der Waals surface area contributed by atoms with Gasteiger partial charge in [-0.2, -0.15) is 0 Å². The van der Waals surface area contributed by atoms with E-state index >= 15 is 0 Å². The van der Waals surface area contributed by atoms with E-state index in [2.05, 4.69) is 0 Å². The molecule has 9 heavy (non-hydrogen) atoms. The smallest absolute Gasteiger partial charge is 0 e. The summed E-state index contributed by atoms with van der Waals surface area (Å²) in [6, 6.07) is 0. The largest absolute Gasteiger partial charge is 0 e. The number of rotatable bonds is 0. The van der Waals surface area contributed by atoms with Gasteiger partial charge in [-0.05, 0) is 0 Å². The van der Waals surface area contributed by atoms with Gasteiger partial charge in [-0.1, -0.05) is 0 Å². The Bertz CT molecular complexity index is 28.5. The summed E-state index contributed by atoms with van der Waals surface area (Å²) in [7, 11) is 0. The van der Waals surface area contributed by atoms with Crippen molar-refractivity contribution in [3.05, 3.63) is 0 Å². The molecule has 0 aliphatic rings. The van der Waals surface area contributed by atoms with Gasteiger partial charge in [0.05, 0.1) is 0 Å². The second-order valence-corrected chi connectivity index (χ2v) is 0. The fraction of sp³-hybridized carbons (Fsp3) is 0. The van der Waals surface area contributed by atoms with E-state index in [1.54, 1.807) is 0 Å². The maximum absolute atomic E-state index is 0. The molecule has 9 heteroatoms. The Hall–Kier alpha value is 6.18. The summed E-state index contributed by atoms with van der Waals surface area (Å²) in [6.45, 7) is 0. The van der Waals surface area contributed by atoms with E-state index in [0.717, 1.165) is 0 Å². The predicted octanol–water partition coefficient (Wildman–Crippen LogP) is -2.29. The van der Waals surface area contributed by atoms with Crippen molar-refractivity contribution in [2.75, 3.05) is 0 Å². The Morgan fingerprint density at radius 2 is 1.00 bits per heavy atom. The van der Waals surface area contributed by atoms with Gasteiger partial charge in [0.15, 0.2) is 0 Å². The van der Waals surface area contributed by atoms with Crippen LogP contribution in [-0.4, -0.2) is 137 Å².